The molecule has 1 aromatic heterocycles. The number of hydrogen-bond donors (Lipinski definition) is 0. The van der Waals surface area contributed by atoms with Crippen molar-refractivity contribution in [2.45, 2.75) is 34.1 Å². The van der Waals surface area contributed by atoms with Crippen LogP contribution in [0.25, 0.3) is 0 Å². The van der Waals surface area contributed by atoms with Crippen LogP contribution in [0, 0.1) is 12.3 Å². The normalized spacial score (nSPS) is 11.5. The van der Waals surface area contributed by atoms with Crippen molar-refractivity contribution in [2.75, 3.05) is 11.9 Å². The summed E-state index contributed by atoms with van der Waals surface area (Å²) in [6, 6.07) is 0. The molecule has 1 rings (SSSR count). The van der Waals surface area contributed by atoms with Crippen molar-refractivity contribution in [3.63, 3.8) is 0 Å². The first kappa shape index (κ1) is 12.2. The number of amides is 1. The van der Waals surface area contributed by atoms with Crippen molar-refractivity contribution < 1.29 is 4.79 Å². The van der Waals surface area contributed by atoms with Crippen LogP contribution in [0.1, 0.15) is 32.9 Å². The van der Waals surface area contributed by atoms with Crippen LogP contribution in [0.3, 0.4) is 0 Å². The van der Waals surface area contributed by atoms with Gasteiger partial charge in [0.25, 0.3) is 0 Å². The van der Waals surface area contributed by atoms with Gasteiger partial charge in [-0.15, -0.1) is 11.3 Å². The Balaban J connectivity index is 2.69. The van der Waals surface area contributed by atoms with E-state index in [0.29, 0.717) is 6.42 Å². The van der Waals surface area contributed by atoms with Gasteiger partial charge in [-0.2, -0.15) is 0 Å². The lowest BCUT2D eigenvalue weighted by molar-refractivity contribution is -0.120. The highest BCUT2D eigenvalue weighted by Crippen LogP contribution is 2.24. The van der Waals surface area contributed by atoms with Gasteiger partial charge in [0.05, 0.1) is 5.69 Å². The molecule has 0 spiro atoms. The molecule has 15 heavy (non-hydrogen) atoms. The second-order valence-corrected chi connectivity index (χ2v) is 5.80. The molecule has 1 amide bonds. The van der Waals surface area contributed by atoms with Crippen molar-refractivity contribution in [1.82, 2.24) is 4.98 Å². The third-order valence-electron chi connectivity index (χ3n) is 1.95. The van der Waals surface area contributed by atoms with Gasteiger partial charge in [-0.1, -0.05) is 20.8 Å². The third-order valence-corrected chi connectivity index (χ3v) is 2.98. The minimum absolute atomic E-state index is 0.0254. The fourth-order valence-corrected chi connectivity index (χ4v) is 1.96. The predicted molar refractivity (Wildman–Crippen MR) is 64.3 cm³/mol. The lowest BCUT2D eigenvalue weighted by Crippen LogP contribution is -2.29. The molecular formula is C11H18N2OS. The van der Waals surface area contributed by atoms with Crippen LogP contribution >= 0.6 is 11.3 Å². The van der Waals surface area contributed by atoms with Crippen molar-refractivity contribution in [3.05, 3.63) is 11.1 Å². The summed E-state index contributed by atoms with van der Waals surface area (Å²) in [5.41, 5.74) is 0.989. The molecular weight excluding hydrogens is 208 g/mol. The van der Waals surface area contributed by atoms with Crippen molar-refractivity contribution in [3.8, 4) is 0 Å². The van der Waals surface area contributed by atoms with E-state index in [4.69, 9.17) is 0 Å². The fraction of sp³-hybridized carbons (Fsp3) is 0.636. The number of aryl methyl sites for hydroxylation is 1. The smallest absolute Gasteiger partial charge is 0.229 e. The summed E-state index contributed by atoms with van der Waals surface area (Å²) in [7, 11) is 1.78. The van der Waals surface area contributed by atoms with Crippen molar-refractivity contribution in [1.29, 1.82) is 0 Å². The van der Waals surface area contributed by atoms with E-state index in [0.717, 1.165) is 10.8 Å². The number of hydrogen-bond acceptors (Lipinski definition) is 3. The summed E-state index contributed by atoms with van der Waals surface area (Å²) in [6.07, 6.45) is 0.544. The SMILES string of the molecule is Cc1csc(N(C)C(=O)CC(C)(C)C)n1. The summed E-state index contributed by atoms with van der Waals surface area (Å²) >= 11 is 1.51. The minimum atomic E-state index is 0.0254. The van der Waals surface area contributed by atoms with E-state index in [-0.39, 0.29) is 11.3 Å². The molecule has 0 N–H and O–H groups in total. The summed E-state index contributed by atoms with van der Waals surface area (Å²) in [4.78, 5) is 17.8. The van der Waals surface area contributed by atoms with Crippen LogP contribution in [0.2, 0.25) is 0 Å². The number of thiazole rings is 1. The molecule has 0 aromatic carbocycles. The zero-order chi connectivity index (χ0) is 11.6. The first-order valence-corrected chi connectivity index (χ1v) is 5.86. The van der Waals surface area contributed by atoms with Gasteiger partial charge in [-0.05, 0) is 12.3 Å². The van der Waals surface area contributed by atoms with Crippen LogP contribution in [0.4, 0.5) is 5.13 Å². The Hall–Kier alpha value is -0.900. The maximum atomic E-state index is 11.9. The average Bonchev–Trinajstić information content (AvgIpc) is 2.47. The molecule has 0 aliphatic rings. The second kappa shape index (κ2) is 4.31. The molecule has 3 nitrogen and oxygen atoms in total. The number of nitrogens with zero attached hydrogens (tertiary/aromatic N) is 2. The number of carbonyl (C=O) groups is 1. The standard InChI is InChI=1S/C11H18N2OS/c1-8-7-15-10(12-8)13(5)9(14)6-11(2,3)4/h7H,6H2,1-5H3. The van der Waals surface area contributed by atoms with Gasteiger partial charge >= 0.3 is 0 Å². The minimum Gasteiger partial charge on any atom is -0.291 e. The molecule has 0 unspecified atom stereocenters. The van der Waals surface area contributed by atoms with E-state index < -0.39 is 0 Å². The Morgan fingerprint density at radius 3 is 2.53 bits per heavy atom. The third kappa shape index (κ3) is 3.63. The Morgan fingerprint density at radius 2 is 2.13 bits per heavy atom. The summed E-state index contributed by atoms with van der Waals surface area (Å²) in [5.74, 6) is 0.122. The summed E-state index contributed by atoms with van der Waals surface area (Å²) in [6.45, 7) is 8.12. The molecule has 84 valence electrons. The van der Waals surface area contributed by atoms with E-state index in [2.05, 4.69) is 25.8 Å². The number of carbonyl (C=O) groups excluding carboxylic acids is 1. The van der Waals surface area contributed by atoms with Crippen LogP contribution in [0.15, 0.2) is 5.38 Å². The van der Waals surface area contributed by atoms with Crippen LogP contribution < -0.4 is 4.90 Å². The highest BCUT2D eigenvalue weighted by Gasteiger charge is 2.21. The molecule has 0 saturated carbocycles. The predicted octanol–water partition coefficient (Wildman–Crippen LogP) is 2.85. The van der Waals surface area contributed by atoms with E-state index in [1.807, 2.05) is 12.3 Å². The fourth-order valence-electron chi connectivity index (χ4n) is 1.17. The van der Waals surface area contributed by atoms with E-state index in [9.17, 15) is 4.79 Å². The highest BCUT2D eigenvalue weighted by atomic mass is 32.1. The molecule has 0 aliphatic carbocycles. The molecule has 0 fully saturated rings. The molecule has 1 heterocycles. The first-order chi connectivity index (χ1) is 6.79. The average molecular weight is 226 g/mol. The zero-order valence-electron chi connectivity index (χ0n) is 10.00. The Kier molecular flexibility index (Phi) is 3.50. The Labute approximate surface area is 95.1 Å². The first-order valence-electron chi connectivity index (χ1n) is 4.98. The van der Waals surface area contributed by atoms with Crippen molar-refractivity contribution >= 4 is 22.4 Å². The molecule has 0 aliphatic heterocycles. The second-order valence-electron chi connectivity index (χ2n) is 4.96. The molecule has 0 saturated heterocycles. The van der Waals surface area contributed by atoms with Gasteiger partial charge in [0.2, 0.25) is 5.91 Å². The largest absolute Gasteiger partial charge is 0.291 e. The van der Waals surface area contributed by atoms with Gasteiger partial charge in [-0.25, -0.2) is 4.98 Å². The summed E-state index contributed by atoms with van der Waals surface area (Å²) in [5, 5.41) is 2.73. The van der Waals surface area contributed by atoms with Gasteiger partial charge in [0, 0.05) is 18.8 Å². The maximum absolute atomic E-state index is 11.9. The van der Waals surface area contributed by atoms with Gasteiger partial charge in [-0.3, -0.25) is 9.69 Å². The quantitative estimate of drug-likeness (QED) is 0.777. The molecule has 1 aromatic rings. The zero-order valence-corrected chi connectivity index (χ0v) is 10.8. The molecule has 0 radical (unpaired) electrons. The van der Waals surface area contributed by atoms with Crippen molar-refractivity contribution in [2.24, 2.45) is 5.41 Å². The number of aromatic nitrogens is 1. The summed E-state index contributed by atoms with van der Waals surface area (Å²) < 4.78 is 0. The molecule has 0 bridgehead atoms. The lowest BCUT2D eigenvalue weighted by atomic mass is 9.92. The Morgan fingerprint density at radius 1 is 1.53 bits per heavy atom. The van der Waals surface area contributed by atoms with E-state index in [1.54, 1.807) is 11.9 Å². The van der Waals surface area contributed by atoms with Crippen LogP contribution in [0.5, 0.6) is 0 Å². The topological polar surface area (TPSA) is 33.2 Å². The van der Waals surface area contributed by atoms with Gasteiger partial charge in [0.1, 0.15) is 0 Å². The maximum Gasteiger partial charge on any atom is 0.229 e. The monoisotopic (exact) mass is 226 g/mol. The number of rotatable bonds is 2. The Bertz CT molecular complexity index is 352. The lowest BCUT2D eigenvalue weighted by Gasteiger charge is -2.21. The van der Waals surface area contributed by atoms with Gasteiger partial charge in [0.15, 0.2) is 5.13 Å². The highest BCUT2D eigenvalue weighted by molar-refractivity contribution is 7.14. The van der Waals surface area contributed by atoms with E-state index in [1.165, 1.54) is 11.3 Å². The number of anilines is 1. The van der Waals surface area contributed by atoms with Gasteiger partial charge < -0.3 is 0 Å². The molecule has 4 heteroatoms. The molecule has 0 atom stereocenters. The van der Waals surface area contributed by atoms with E-state index >= 15 is 0 Å². The van der Waals surface area contributed by atoms with Crippen LogP contribution in [-0.4, -0.2) is 17.9 Å². The van der Waals surface area contributed by atoms with Crippen LogP contribution in [-0.2, 0) is 4.79 Å².